The summed E-state index contributed by atoms with van der Waals surface area (Å²) in [4.78, 5) is 0. The smallest absolute Gasteiger partial charge is 0.00891 e. The van der Waals surface area contributed by atoms with Crippen LogP contribution in [0.15, 0.2) is 0 Å². The molecular formula is C9H19N. The van der Waals surface area contributed by atoms with Gasteiger partial charge in [0.1, 0.15) is 0 Å². The normalized spacial score (nSPS) is 9.80. The monoisotopic (exact) mass is 141 g/mol. The van der Waals surface area contributed by atoms with Gasteiger partial charge in [-0.05, 0) is 25.7 Å². The van der Waals surface area contributed by atoms with Gasteiger partial charge in [-0.2, -0.15) is 0 Å². The van der Waals surface area contributed by atoms with Crippen LogP contribution in [-0.2, 0) is 0 Å². The zero-order chi connectivity index (χ0) is 7.82. The molecule has 0 aromatic heterocycles. The van der Waals surface area contributed by atoms with E-state index in [9.17, 15) is 0 Å². The van der Waals surface area contributed by atoms with Crippen LogP contribution in [0.5, 0.6) is 0 Å². The average Bonchev–Trinajstić information content (AvgIpc) is 1.97. The number of unbranched alkanes of at least 4 members (excludes halogenated alkanes) is 2. The average molecular weight is 141 g/mol. The summed E-state index contributed by atoms with van der Waals surface area (Å²) < 4.78 is 0. The van der Waals surface area contributed by atoms with Crippen LogP contribution in [0.1, 0.15) is 52.4 Å². The lowest BCUT2D eigenvalue weighted by atomic mass is 10.1. The van der Waals surface area contributed by atoms with Crippen molar-refractivity contribution in [1.82, 2.24) is 0 Å². The first-order valence-corrected chi connectivity index (χ1v) is 4.37. The highest BCUT2D eigenvalue weighted by atomic mass is 14.4. The Balaban J connectivity index is 3.09. The molecule has 0 aliphatic heterocycles. The number of hydrogen-bond acceptors (Lipinski definition) is 1. The van der Waals surface area contributed by atoms with Gasteiger partial charge in [-0.15, -0.1) is 0 Å². The Morgan fingerprint density at radius 2 is 1.40 bits per heavy atom. The van der Waals surface area contributed by atoms with Crippen molar-refractivity contribution in [3.8, 4) is 0 Å². The van der Waals surface area contributed by atoms with Gasteiger partial charge in [-0.1, -0.05) is 26.7 Å². The van der Waals surface area contributed by atoms with Gasteiger partial charge in [0.15, 0.2) is 0 Å². The zero-order valence-electron chi connectivity index (χ0n) is 7.24. The molecule has 0 atom stereocenters. The first-order valence-electron chi connectivity index (χ1n) is 4.37. The van der Waals surface area contributed by atoms with Crippen molar-refractivity contribution in [2.45, 2.75) is 52.4 Å². The lowest BCUT2D eigenvalue weighted by molar-refractivity contribution is 0.782. The first-order chi connectivity index (χ1) is 4.81. The highest BCUT2D eigenvalue weighted by Gasteiger charge is 1.93. The van der Waals surface area contributed by atoms with Crippen LogP contribution in [0.3, 0.4) is 0 Å². The predicted molar refractivity (Wildman–Crippen MR) is 46.8 cm³/mol. The van der Waals surface area contributed by atoms with Crippen LogP contribution in [0.4, 0.5) is 0 Å². The molecule has 0 aliphatic carbocycles. The Hall–Kier alpha value is -0.330. The fourth-order valence-corrected chi connectivity index (χ4v) is 0.905. The van der Waals surface area contributed by atoms with Gasteiger partial charge in [0, 0.05) is 5.71 Å². The van der Waals surface area contributed by atoms with Crippen molar-refractivity contribution in [2.75, 3.05) is 0 Å². The second kappa shape index (κ2) is 6.79. The van der Waals surface area contributed by atoms with Gasteiger partial charge in [-0.25, -0.2) is 0 Å². The zero-order valence-corrected chi connectivity index (χ0v) is 7.24. The van der Waals surface area contributed by atoms with Gasteiger partial charge in [0.05, 0.1) is 0 Å². The van der Waals surface area contributed by atoms with Gasteiger partial charge in [-0.3, -0.25) is 0 Å². The molecule has 0 bridgehead atoms. The Morgan fingerprint density at radius 3 is 1.70 bits per heavy atom. The van der Waals surface area contributed by atoms with E-state index < -0.39 is 0 Å². The van der Waals surface area contributed by atoms with E-state index in [4.69, 9.17) is 5.41 Å². The molecule has 0 amide bonds. The van der Waals surface area contributed by atoms with E-state index in [0.29, 0.717) is 0 Å². The Kier molecular flexibility index (Phi) is 6.56. The summed E-state index contributed by atoms with van der Waals surface area (Å²) in [6.45, 7) is 4.35. The maximum Gasteiger partial charge on any atom is 0.00891 e. The van der Waals surface area contributed by atoms with E-state index in [1.165, 1.54) is 25.7 Å². The van der Waals surface area contributed by atoms with E-state index in [2.05, 4.69) is 13.8 Å². The molecule has 1 N–H and O–H groups in total. The van der Waals surface area contributed by atoms with Crippen molar-refractivity contribution in [3.63, 3.8) is 0 Å². The molecule has 0 aromatic carbocycles. The molecule has 0 radical (unpaired) electrons. The highest BCUT2D eigenvalue weighted by Crippen LogP contribution is 2.02. The summed E-state index contributed by atoms with van der Waals surface area (Å²) in [6.07, 6.45) is 6.88. The molecule has 0 heterocycles. The minimum atomic E-state index is 0.948. The first kappa shape index (κ1) is 9.67. The SMILES string of the molecule is CCCCC(=N)CCCC. The summed E-state index contributed by atoms with van der Waals surface area (Å²) in [5.41, 5.74) is 0.948. The summed E-state index contributed by atoms with van der Waals surface area (Å²) in [5, 5.41) is 7.50. The van der Waals surface area contributed by atoms with E-state index in [1.54, 1.807) is 0 Å². The van der Waals surface area contributed by atoms with Crippen LogP contribution in [0, 0.1) is 5.41 Å². The lowest BCUT2D eigenvalue weighted by Gasteiger charge is -1.99. The van der Waals surface area contributed by atoms with Crippen LogP contribution in [-0.4, -0.2) is 5.71 Å². The molecule has 0 fully saturated rings. The molecule has 0 unspecified atom stereocenters. The largest absolute Gasteiger partial charge is 0.310 e. The van der Waals surface area contributed by atoms with Gasteiger partial charge < -0.3 is 5.41 Å². The van der Waals surface area contributed by atoms with Crippen molar-refractivity contribution in [2.24, 2.45) is 0 Å². The van der Waals surface area contributed by atoms with E-state index in [1.807, 2.05) is 0 Å². The number of hydrogen-bond donors (Lipinski definition) is 1. The summed E-state index contributed by atoms with van der Waals surface area (Å²) >= 11 is 0. The Morgan fingerprint density at radius 1 is 1.00 bits per heavy atom. The van der Waals surface area contributed by atoms with Crippen LogP contribution in [0.25, 0.3) is 0 Å². The molecule has 1 heteroatoms. The maximum absolute atomic E-state index is 7.50. The molecule has 60 valence electrons. The van der Waals surface area contributed by atoms with Gasteiger partial charge in [0.2, 0.25) is 0 Å². The van der Waals surface area contributed by atoms with Crippen LogP contribution >= 0.6 is 0 Å². The van der Waals surface area contributed by atoms with Gasteiger partial charge >= 0.3 is 0 Å². The molecular weight excluding hydrogens is 122 g/mol. The fourth-order valence-electron chi connectivity index (χ4n) is 0.905. The third-order valence-corrected chi connectivity index (χ3v) is 1.66. The molecule has 0 saturated heterocycles. The minimum Gasteiger partial charge on any atom is -0.310 e. The van der Waals surface area contributed by atoms with Crippen molar-refractivity contribution >= 4 is 5.71 Å². The Labute approximate surface area is 64.3 Å². The molecule has 10 heavy (non-hydrogen) atoms. The number of rotatable bonds is 6. The second-order valence-corrected chi connectivity index (χ2v) is 2.81. The van der Waals surface area contributed by atoms with E-state index in [-0.39, 0.29) is 0 Å². The standard InChI is InChI=1S/C9H19N/c1-3-5-7-9(10)8-6-4-2/h10H,3-8H2,1-2H3. The minimum absolute atomic E-state index is 0.948. The summed E-state index contributed by atoms with van der Waals surface area (Å²) in [6, 6.07) is 0. The third kappa shape index (κ3) is 5.80. The van der Waals surface area contributed by atoms with Crippen molar-refractivity contribution in [3.05, 3.63) is 0 Å². The maximum atomic E-state index is 7.50. The van der Waals surface area contributed by atoms with Crippen LogP contribution in [0.2, 0.25) is 0 Å². The molecule has 1 nitrogen and oxygen atoms in total. The van der Waals surface area contributed by atoms with E-state index >= 15 is 0 Å². The molecule has 0 saturated carbocycles. The summed E-state index contributed by atoms with van der Waals surface area (Å²) in [7, 11) is 0. The second-order valence-electron chi connectivity index (χ2n) is 2.81. The molecule has 0 aliphatic rings. The molecule has 0 spiro atoms. The van der Waals surface area contributed by atoms with Crippen LogP contribution < -0.4 is 0 Å². The molecule has 0 aromatic rings. The van der Waals surface area contributed by atoms with Gasteiger partial charge in [0.25, 0.3) is 0 Å². The predicted octanol–water partition coefficient (Wildman–Crippen LogP) is 3.39. The van der Waals surface area contributed by atoms with Crippen molar-refractivity contribution < 1.29 is 0 Å². The highest BCUT2D eigenvalue weighted by molar-refractivity contribution is 5.81. The van der Waals surface area contributed by atoms with Crippen molar-refractivity contribution in [1.29, 1.82) is 5.41 Å². The van der Waals surface area contributed by atoms with E-state index in [0.717, 1.165) is 18.6 Å². The third-order valence-electron chi connectivity index (χ3n) is 1.66. The lowest BCUT2D eigenvalue weighted by Crippen LogP contribution is -1.94. The Bertz CT molecular complexity index is 76.7. The topological polar surface area (TPSA) is 23.9 Å². The summed E-state index contributed by atoms with van der Waals surface area (Å²) in [5.74, 6) is 0. The quantitative estimate of drug-likeness (QED) is 0.548. The molecule has 0 rings (SSSR count). The fraction of sp³-hybridized carbons (Fsp3) is 0.889. The number of nitrogens with one attached hydrogen (secondary N) is 1.